The molecule has 5 nitrogen and oxygen atoms in total. The summed E-state index contributed by atoms with van der Waals surface area (Å²) in [5, 5.41) is 2.25. The first-order chi connectivity index (χ1) is 14.8. The first-order valence-corrected chi connectivity index (χ1v) is 13.3. The number of thioether (sulfide) groups is 1. The molecule has 4 rings (SSSR count). The smallest absolute Gasteiger partial charge is 0.238 e. The van der Waals surface area contributed by atoms with Gasteiger partial charge in [0.05, 0.1) is 15.5 Å². The number of benzene rings is 2. The van der Waals surface area contributed by atoms with Gasteiger partial charge in [0.1, 0.15) is 0 Å². The largest absolute Gasteiger partial charge is 0.428 e. The zero-order valence-corrected chi connectivity index (χ0v) is 20.4. The van der Waals surface area contributed by atoms with Crippen LogP contribution in [0.25, 0.3) is 10.8 Å². The standard InChI is InChI=1S/C21H13BrClNO4S3/c22-14-5-9-16(10-6-14)31(26,27)20-21(28-19(24-20)18-2-1-11-29-18)30-12-17(25)13-3-7-15(23)8-4-13/h1-11H,12H2. The second kappa shape index (κ2) is 9.30. The van der Waals surface area contributed by atoms with E-state index in [-0.39, 0.29) is 32.4 Å². The van der Waals surface area contributed by atoms with Crippen molar-refractivity contribution in [3.63, 3.8) is 0 Å². The van der Waals surface area contributed by atoms with E-state index in [9.17, 15) is 13.2 Å². The van der Waals surface area contributed by atoms with E-state index in [0.29, 0.717) is 15.5 Å². The summed E-state index contributed by atoms with van der Waals surface area (Å²) in [7, 11) is -3.95. The van der Waals surface area contributed by atoms with Crippen molar-refractivity contribution in [3.05, 3.63) is 81.1 Å². The van der Waals surface area contributed by atoms with E-state index in [1.165, 1.54) is 23.5 Å². The maximum Gasteiger partial charge on any atom is 0.238 e. The first-order valence-electron chi connectivity index (χ1n) is 8.81. The minimum Gasteiger partial charge on any atom is -0.428 e. The van der Waals surface area contributed by atoms with Crippen molar-refractivity contribution in [2.24, 2.45) is 0 Å². The highest BCUT2D eigenvalue weighted by Crippen LogP contribution is 2.36. The summed E-state index contributed by atoms with van der Waals surface area (Å²) in [5.74, 6) is 0.0127. The third-order valence-corrected chi connectivity index (χ3v) is 8.57. The molecule has 0 unspecified atom stereocenters. The number of aromatic nitrogens is 1. The maximum absolute atomic E-state index is 13.3. The number of thiophene rings is 1. The van der Waals surface area contributed by atoms with Crippen LogP contribution in [-0.2, 0) is 9.84 Å². The van der Waals surface area contributed by atoms with Crippen molar-refractivity contribution in [1.29, 1.82) is 0 Å². The lowest BCUT2D eigenvalue weighted by molar-refractivity contribution is 0.102. The van der Waals surface area contributed by atoms with E-state index >= 15 is 0 Å². The van der Waals surface area contributed by atoms with Gasteiger partial charge < -0.3 is 4.42 Å². The molecule has 0 saturated carbocycles. The molecular weight excluding hydrogens is 542 g/mol. The molecule has 31 heavy (non-hydrogen) atoms. The Labute approximate surface area is 200 Å². The summed E-state index contributed by atoms with van der Waals surface area (Å²) < 4.78 is 33.1. The van der Waals surface area contributed by atoms with E-state index in [2.05, 4.69) is 20.9 Å². The zero-order valence-electron chi connectivity index (χ0n) is 15.6. The Hall–Kier alpha value is -1.91. The van der Waals surface area contributed by atoms with Crippen molar-refractivity contribution in [1.82, 2.24) is 4.98 Å². The number of carbonyl (C=O) groups is 1. The van der Waals surface area contributed by atoms with E-state index in [1.807, 2.05) is 11.4 Å². The molecule has 2 heterocycles. The highest BCUT2D eigenvalue weighted by atomic mass is 79.9. The molecule has 0 aliphatic carbocycles. The summed E-state index contributed by atoms with van der Waals surface area (Å²) in [4.78, 5) is 17.6. The Kier molecular flexibility index (Phi) is 6.68. The molecular formula is C21H13BrClNO4S3. The molecule has 0 spiro atoms. The number of sulfone groups is 1. The number of nitrogens with zero attached hydrogens (tertiary/aromatic N) is 1. The van der Waals surface area contributed by atoms with Crippen LogP contribution in [0.5, 0.6) is 0 Å². The first kappa shape index (κ1) is 22.3. The van der Waals surface area contributed by atoms with Gasteiger partial charge in [-0.05, 0) is 60.0 Å². The molecule has 0 amide bonds. The highest BCUT2D eigenvalue weighted by Gasteiger charge is 2.29. The fraction of sp³-hybridized carbons (Fsp3) is 0.0476. The van der Waals surface area contributed by atoms with Crippen LogP contribution in [0, 0.1) is 0 Å². The van der Waals surface area contributed by atoms with E-state index in [1.54, 1.807) is 42.5 Å². The second-order valence-electron chi connectivity index (χ2n) is 6.27. The van der Waals surface area contributed by atoms with Crippen molar-refractivity contribution < 1.29 is 17.6 Å². The monoisotopic (exact) mass is 553 g/mol. The fourth-order valence-corrected chi connectivity index (χ4v) is 6.10. The fourth-order valence-electron chi connectivity index (χ4n) is 2.63. The predicted molar refractivity (Wildman–Crippen MR) is 126 cm³/mol. The lowest BCUT2D eigenvalue weighted by atomic mass is 10.1. The van der Waals surface area contributed by atoms with E-state index < -0.39 is 9.84 Å². The van der Waals surface area contributed by atoms with Crippen LogP contribution in [0.1, 0.15) is 10.4 Å². The molecule has 10 heteroatoms. The van der Waals surface area contributed by atoms with Gasteiger partial charge in [0.25, 0.3) is 0 Å². The van der Waals surface area contributed by atoms with Gasteiger partial charge in [-0.2, -0.15) is 4.98 Å². The van der Waals surface area contributed by atoms with Crippen molar-refractivity contribution >= 4 is 66.3 Å². The van der Waals surface area contributed by atoms with Gasteiger partial charge in [0.15, 0.2) is 5.78 Å². The summed E-state index contributed by atoms with van der Waals surface area (Å²) in [6.07, 6.45) is 0. The van der Waals surface area contributed by atoms with Crippen molar-refractivity contribution in [2.75, 3.05) is 5.75 Å². The number of oxazole rings is 1. The van der Waals surface area contributed by atoms with Crippen LogP contribution in [0.2, 0.25) is 5.02 Å². The van der Waals surface area contributed by atoms with Crippen LogP contribution >= 0.6 is 50.6 Å². The third-order valence-electron chi connectivity index (χ3n) is 4.18. The molecule has 0 aliphatic rings. The number of hydrogen-bond acceptors (Lipinski definition) is 7. The molecule has 0 radical (unpaired) electrons. The molecule has 158 valence electrons. The Morgan fingerprint density at radius 2 is 1.81 bits per heavy atom. The van der Waals surface area contributed by atoms with Crippen LogP contribution in [0.3, 0.4) is 0 Å². The van der Waals surface area contributed by atoms with Gasteiger partial charge in [-0.3, -0.25) is 4.79 Å². The quantitative estimate of drug-likeness (QED) is 0.189. The average molecular weight is 555 g/mol. The molecule has 0 saturated heterocycles. The van der Waals surface area contributed by atoms with E-state index in [0.717, 1.165) is 16.2 Å². The molecule has 0 fully saturated rings. The normalized spacial score (nSPS) is 11.5. The Morgan fingerprint density at radius 1 is 1.10 bits per heavy atom. The maximum atomic E-state index is 13.3. The minimum atomic E-state index is -3.95. The number of Topliss-reactive ketones (excluding diaryl/α,β-unsaturated/α-hetero) is 1. The molecule has 2 aromatic heterocycles. The Balaban J connectivity index is 1.68. The molecule has 0 bridgehead atoms. The summed E-state index contributed by atoms with van der Waals surface area (Å²) >= 11 is 11.6. The molecule has 4 aromatic rings. The van der Waals surface area contributed by atoms with Crippen molar-refractivity contribution in [2.45, 2.75) is 15.0 Å². The molecule has 0 N–H and O–H groups in total. The summed E-state index contributed by atoms with van der Waals surface area (Å²) in [5.41, 5.74) is 0.479. The van der Waals surface area contributed by atoms with Gasteiger partial charge in [-0.15, -0.1) is 11.3 Å². The van der Waals surface area contributed by atoms with Gasteiger partial charge >= 0.3 is 0 Å². The molecule has 0 atom stereocenters. The Morgan fingerprint density at radius 3 is 2.45 bits per heavy atom. The third kappa shape index (κ3) is 4.96. The van der Waals surface area contributed by atoms with Crippen LogP contribution in [0.4, 0.5) is 0 Å². The molecule has 0 aliphatic heterocycles. The van der Waals surface area contributed by atoms with Crippen molar-refractivity contribution in [3.8, 4) is 10.8 Å². The number of rotatable bonds is 7. The predicted octanol–water partition coefficient (Wildman–Crippen LogP) is 6.63. The van der Waals surface area contributed by atoms with Crippen LogP contribution in [0.15, 0.2) is 89.9 Å². The van der Waals surface area contributed by atoms with Crippen LogP contribution in [-0.4, -0.2) is 24.9 Å². The average Bonchev–Trinajstić information content (AvgIpc) is 3.43. The second-order valence-corrected chi connectivity index (χ2v) is 11.4. The van der Waals surface area contributed by atoms with Gasteiger partial charge in [0.2, 0.25) is 25.8 Å². The topological polar surface area (TPSA) is 77.2 Å². The van der Waals surface area contributed by atoms with Gasteiger partial charge in [-0.1, -0.05) is 45.4 Å². The SMILES string of the molecule is O=C(CSc1oc(-c2cccs2)nc1S(=O)(=O)c1ccc(Br)cc1)c1ccc(Cl)cc1. The van der Waals surface area contributed by atoms with Crippen LogP contribution < -0.4 is 0 Å². The van der Waals surface area contributed by atoms with Gasteiger partial charge in [-0.25, -0.2) is 8.42 Å². The number of carbonyl (C=O) groups excluding carboxylic acids is 1. The number of halogens is 2. The number of hydrogen-bond donors (Lipinski definition) is 0. The highest BCUT2D eigenvalue weighted by molar-refractivity contribution is 9.10. The van der Waals surface area contributed by atoms with E-state index in [4.69, 9.17) is 16.0 Å². The minimum absolute atomic E-state index is 0.0104. The zero-order chi connectivity index (χ0) is 22.0. The molecule has 2 aromatic carbocycles. The lowest BCUT2D eigenvalue weighted by Gasteiger charge is -2.04. The Bertz CT molecular complexity index is 1320. The number of ketones is 1. The lowest BCUT2D eigenvalue weighted by Crippen LogP contribution is -2.05. The van der Waals surface area contributed by atoms with Gasteiger partial charge in [0, 0.05) is 15.1 Å². The summed E-state index contributed by atoms with van der Waals surface area (Å²) in [6.45, 7) is 0. The summed E-state index contributed by atoms with van der Waals surface area (Å²) in [6, 6.07) is 16.4.